The Morgan fingerprint density at radius 2 is 1.84 bits per heavy atom. The number of benzene rings is 1. The van der Waals surface area contributed by atoms with Crippen LogP contribution in [0.15, 0.2) is 24.3 Å². The summed E-state index contributed by atoms with van der Waals surface area (Å²) < 4.78 is 26.1. The van der Waals surface area contributed by atoms with Crippen LogP contribution in [-0.4, -0.2) is 5.78 Å². The normalized spacial score (nSPS) is 13.6. The van der Waals surface area contributed by atoms with Gasteiger partial charge in [0.1, 0.15) is 11.6 Å². The van der Waals surface area contributed by atoms with E-state index in [9.17, 15) is 13.6 Å². The summed E-state index contributed by atoms with van der Waals surface area (Å²) in [5.41, 5.74) is 1.65. The Labute approximate surface area is 113 Å². The first-order valence-electron chi connectivity index (χ1n) is 6.21. The molecule has 4 heteroatoms. The zero-order valence-electron chi connectivity index (χ0n) is 10.2. The predicted octanol–water partition coefficient (Wildman–Crippen LogP) is 3.94. The standard InChI is InChI=1S/C15H12F2OS/c16-11-4-9(5-12(17)8-11)6-13(18)15-7-10-2-1-3-14(10)19-15/h4-5,7-8H,1-3,6H2. The highest BCUT2D eigenvalue weighted by Crippen LogP contribution is 2.31. The third-order valence-electron chi connectivity index (χ3n) is 3.31. The number of hydrogen-bond acceptors (Lipinski definition) is 2. The predicted molar refractivity (Wildman–Crippen MR) is 70.7 cm³/mol. The summed E-state index contributed by atoms with van der Waals surface area (Å²) in [6.45, 7) is 0. The first kappa shape index (κ1) is 12.5. The molecule has 0 bridgehead atoms. The highest BCUT2D eigenvalue weighted by Gasteiger charge is 2.18. The van der Waals surface area contributed by atoms with Gasteiger partial charge in [-0.15, -0.1) is 11.3 Å². The Balaban J connectivity index is 1.80. The SMILES string of the molecule is O=C(Cc1cc(F)cc(F)c1)c1cc2c(s1)CCC2. The molecule has 0 unspecified atom stereocenters. The van der Waals surface area contributed by atoms with E-state index >= 15 is 0 Å². The summed E-state index contributed by atoms with van der Waals surface area (Å²) >= 11 is 1.52. The molecule has 0 fully saturated rings. The second kappa shape index (κ2) is 4.85. The smallest absolute Gasteiger partial charge is 0.177 e. The fourth-order valence-electron chi connectivity index (χ4n) is 2.45. The first-order chi connectivity index (χ1) is 9.11. The van der Waals surface area contributed by atoms with Crippen molar-refractivity contribution < 1.29 is 13.6 Å². The van der Waals surface area contributed by atoms with Gasteiger partial charge in [0, 0.05) is 17.4 Å². The topological polar surface area (TPSA) is 17.1 Å². The molecule has 0 radical (unpaired) electrons. The number of hydrogen-bond donors (Lipinski definition) is 0. The number of carbonyl (C=O) groups excluding carboxylic acids is 1. The second-order valence-corrected chi connectivity index (χ2v) is 5.93. The molecule has 0 N–H and O–H groups in total. The molecule has 0 amide bonds. The van der Waals surface area contributed by atoms with E-state index in [2.05, 4.69) is 0 Å². The molecule has 1 aliphatic carbocycles. The Kier molecular flexibility index (Phi) is 3.19. The molecule has 1 nitrogen and oxygen atoms in total. The lowest BCUT2D eigenvalue weighted by atomic mass is 10.1. The second-order valence-electron chi connectivity index (χ2n) is 4.79. The Morgan fingerprint density at radius 1 is 1.11 bits per heavy atom. The zero-order chi connectivity index (χ0) is 13.4. The third-order valence-corrected chi connectivity index (χ3v) is 4.59. The molecule has 0 aliphatic heterocycles. The largest absolute Gasteiger partial charge is 0.293 e. The van der Waals surface area contributed by atoms with Crippen molar-refractivity contribution in [1.29, 1.82) is 0 Å². The van der Waals surface area contributed by atoms with Gasteiger partial charge in [-0.3, -0.25) is 4.79 Å². The Morgan fingerprint density at radius 3 is 2.53 bits per heavy atom. The molecular weight excluding hydrogens is 266 g/mol. The molecule has 0 saturated heterocycles. The number of rotatable bonds is 3. The molecule has 1 aliphatic rings. The van der Waals surface area contributed by atoms with E-state index in [4.69, 9.17) is 0 Å². The van der Waals surface area contributed by atoms with Crippen LogP contribution in [0.2, 0.25) is 0 Å². The lowest BCUT2D eigenvalue weighted by Gasteiger charge is -2.00. The van der Waals surface area contributed by atoms with Gasteiger partial charge in [0.15, 0.2) is 5.78 Å². The van der Waals surface area contributed by atoms with E-state index in [0.29, 0.717) is 10.4 Å². The van der Waals surface area contributed by atoms with Crippen molar-refractivity contribution in [2.45, 2.75) is 25.7 Å². The molecule has 0 spiro atoms. The maximum absolute atomic E-state index is 13.1. The average Bonchev–Trinajstić information content (AvgIpc) is 2.86. The van der Waals surface area contributed by atoms with Crippen LogP contribution in [0, 0.1) is 11.6 Å². The summed E-state index contributed by atoms with van der Waals surface area (Å²) in [6, 6.07) is 5.17. The molecule has 3 rings (SSSR count). The van der Waals surface area contributed by atoms with Gasteiger partial charge in [0.2, 0.25) is 0 Å². The van der Waals surface area contributed by atoms with Crippen LogP contribution in [0.4, 0.5) is 8.78 Å². The van der Waals surface area contributed by atoms with Gasteiger partial charge in [-0.25, -0.2) is 8.78 Å². The summed E-state index contributed by atoms with van der Waals surface area (Å²) in [5.74, 6) is -1.35. The fraction of sp³-hybridized carbons (Fsp3) is 0.267. The van der Waals surface area contributed by atoms with Gasteiger partial charge < -0.3 is 0 Å². The van der Waals surface area contributed by atoms with E-state index < -0.39 is 11.6 Å². The van der Waals surface area contributed by atoms with E-state index in [0.717, 1.165) is 25.3 Å². The first-order valence-corrected chi connectivity index (χ1v) is 7.03. The lowest BCUT2D eigenvalue weighted by Crippen LogP contribution is -2.02. The van der Waals surface area contributed by atoms with Crippen LogP contribution >= 0.6 is 11.3 Å². The van der Waals surface area contributed by atoms with Crippen LogP contribution < -0.4 is 0 Å². The summed E-state index contributed by atoms with van der Waals surface area (Å²) in [7, 11) is 0. The van der Waals surface area contributed by atoms with E-state index in [-0.39, 0.29) is 12.2 Å². The van der Waals surface area contributed by atoms with E-state index in [1.807, 2.05) is 6.07 Å². The number of halogens is 2. The van der Waals surface area contributed by atoms with Gasteiger partial charge >= 0.3 is 0 Å². The van der Waals surface area contributed by atoms with E-state index in [1.54, 1.807) is 0 Å². The fourth-order valence-corrected chi connectivity index (χ4v) is 3.64. The molecule has 19 heavy (non-hydrogen) atoms. The van der Waals surface area contributed by atoms with Crippen molar-refractivity contribution in [3.8, 4) is 0 Å². The van der Waals surface area contributed by atoms with E-state index in [1.165, 1.54) is 33.9 Å². The van der Waals surface area contributed by atoms with Crippen molar-refractivity contribution in [2.24, 2.45) is 0 Å². The maximum atomic E-state index is 13.1. The van der Waals surface area contributed by atoms with Crippen molar-refractivity contribution in [3.63, 3.8) is 0 Å². The molecule has 1 heterocycles. The van der Waals surface area contributed by atoms with Crippen LogP contribution in [0.3, 0.4) is 0 Å². The van der Waals surface area contributed by atoms with Gasteiger partial charge in [0.05, 0.1) is 4.88 Å². The van der Waals surface area contributed by atoms with Gasteiger partial charge in [-0.05, 0) is 48.6 Å². The highest BCUT2D eigenvalue weighted by molar-refractivity contribution is 7.14. The van der Waals surface area contributed by atoms with Gasteiger partial charge in [-0.1, -0.05) is 0 Å². The van der Waals surface area contributed by atoms with Crippen molar-refractivity contribution in [2.75, 3.05) is 0 Å². The maximum Gasteiger partial charge on any atom is 0.177 e. The van der Waals surface area contributed by atoms with Gasteiger partial charge in [-0.2, -0.15) is 0 Å². The van der Waals surface area contributed by atoms with Crippen LogP contribution in [0.25, 0.3) is 0 Å². The Bertz CT molecular complexity index is 604. The number of ketones is 1. The Hall–Kier alpha value is -1.55. The summed E-state index contributed by atoms with van der Waals surface area (Å²) in [6.07, 6.45) is 3.29. The molecule has 1 aromatic carbocycles. The lowest BCUT2D eigenvalue weighted by molar-refractivity contribution is 0.0996. The van der Waals surface area contributed by atoms with Crippen molar-refractivity contribution in [3.05, 3.63) is 56.8 Å². The minimum absolute atomic E-state index is 0.0497. The molecular formula is C15H12F2OS. The average molecular weight is 278 g/mol. The van der Waals surface area contributed by atoms with Gasteiger partial charge in [0.25, 0.3) is 0 Å². The summed E-state index contributed by atoms with van der Waals surface area (Å²) in [4.78, 5) is 14.1. The number of Topliss-reactive ketones (excluding diaryl/α,β-unsaturated/α-hetero) is 1. The van der Waals surface area contributed by atoms with Crippen LogP contribution in [0.1, 0.15) is 32.1 Å². The summed E-state index contributed by atoms with van der Waals surface area (Å²) in [5, 5.41) is 0. The quantitative estimate of drug-likeness (QED) is 0.777. The molecule has 2 aromatic rings. The van der Waals surface area contributed by atoms with Crippen LogP contribution in [-0.2, 0) is 19.3 Å². The number of thiophene rings is 1. The van der Waals surface area contributed by atoms with Crippen molar-refractivity contribution in [1.82, 2.24) is 0 Å². The van der Waals surface area contributed by atoms with Crippen molar-refractivity contribution >= 4 is 17.1 Å². The molecule has 98 valence electrons. The molecule has 0 atom stereocenters. The number of fused-ring (bicyclic) bond motifs is 1. The van der Waals surface area contributed by atoms with Crippen LogP contribution in [0.5, 0.6) is 0 Å². The number of carbonyl (C=O) groups is 1. The third kappa shape index (κ3) is 2.59. The number of aryl methyl sites for hydroxylation is 2. The minimum atomic E-state index is -0.642. The molecule has 0 saturated carbocycles. The minimum Gasteiger partial charge on any atom is -0.293 e. The highest BCUT2D eigenvalue weighted by atomic mass is 32.1. The molecule has 1 aromatic heterocycles. The monoisotopic (exact) mass is 278 g/mol. The zero-order valence-corrected chi connectivity index (χ0v) is 11.0.